The normalized spacial score (nSPS) is 12.3. The third-order valence-corrected chi connectivity index (χ3v) is 4.50. The molecule has 1 N–H and O–H groups in total. The second kappa shape index (κ2) is 6.13. The van der Waals surface area contributed by atoms with E-state index in [2.05, 4.69) is 0 Å². The molecule has 0 aliphatic rings. The predicted octanol–water partition coefficient (Wildman–Crippen LogP) is 2.54. The predicted molar refractivity (Wildman–Crippen MR) is 74.9 cm³/mol. The van der Waals surface area contributed by atoms with Gasteiger partial charge in [0.25, 0.3) is 0 Å². The third kappa shape index (κ3) is 3.41. The first-order chi connectivity index (χ1) is 8.66. The van der Waals surface area contributed by atoms with Gasteiger partial charge in [-0.15, -0.1) is 22.7 Å². The van der Waals surface area contributed by atoms with Gasteiger partial charge >= 0.3 is 0 Å². The maximum Gasteiger partial charge on any atom is 0.227 e. The quantitative estimate of drug-likeness (QED) is 0.915. The molecule has 2 rings (SSSR count). The molecule has 0 bridgehead atoms. The lowest BCUT2D eigenvalue weighted by Gasteiger charge is -2.20. The molecule has 96 valence electrons. The fraction of sp³-hybridized carbons (Fsp3) is 0.308. The Hall–Kier alpha value is -1.17. The molecule has 5 heteroatoms. The molecule has 1 unspecified atom stereocenters. The van der Waals surface area contributed by atoms with Crippen LogP contribution >= 0.6 is 22.7 Å². The lowest BCUT2D eigenvalue weighted by atomic mass is 10.2. The summed E-state index contributed by atoms with van der Waals surface area (Å²) < 4.78 is 0. The number of carbonyl (C=O) groups is 1. The summed E-state index contributed by atoms with van der Waals surface area (Å²) in [7, 11) is 1.73. The Labute approximate surface area is 114 Å². The van der Waals surface area contributed by atoms with E-state index in [1.807, 2.05) is 35.0 Å². The van der Waals surface area contributed by atoms with Gasteiger partial charge in [0, 0.05) is 16.8 Å². The second-order valence-electron chi connectivity index (χ2n) is 4.06. The molecule has 0 saturated heterocycles. The Morgan fingerprint density at radius 1 is 1.33 bits per heavy atom. The summed E-state index contributed by atoms with van der Waals surface area (Å²) in [6.45, 7) is 0.338. The number of aliphatic hydroxyl groups excluding tert-OH is 1. The van der Waals surface area contributed by atoms with Crippen LogP contribution in [0.15, 0.2) is 35.0 Å². The van der Waals surface area contributed by atoms with Crippen molar-refractivity contribution >= 4 is 28.6 Å². The summed E-state index contributed by atoms with van der Waals surface area (Å²) in [6.07, 6.45) is -0.187. The molecule has 0 radical (unpaired) electrons. The van der Waals surface area contributed by atoms with Crippen molar-refractivity contribution in [2.45, 2.75) is 12.5 Å². The maximum atomic E-state index is 11.9. The maximum absolute atomic E-state index is 11.9. The van der Waals surface area contributed by atoms with Gasteiger partial charge in [0.2, 0.25) is 5.91 Å². The fourth-order valence-corrected chi connectivity index (χ4v) is 3.03. The SMILES string of the molecule is CN(CC(O)c1cccs1)C(=O)Cc1cccs1. The molecule has 1 amide bonds. The molecule has 2 aromatic rings. The van der Waals surface area contributed by atoms with Crippen molar-refractivity contribution in [3.8, 4) is 0 Å². The number of likely N-dealkylation sites (N-methyl/N-ethyl adjacent to an activating group) is 1. The van der Waals surface area contributed by atoms with Crippen molar-refractivity contribution in [2.75, 3.05) is 13.6 Å². The van der Waals surface area contributed by atoms with Crippen molar-refractivity contribution in [2.24, 2.45) is 0 Å². The van der Waals surface area contributed by atoms with Crippen LogP contribution in [0.1, 0.15) is 15.9 Å². The van der Waals surface area contributed by atoms with E-state index in [1.165, 1.54) is 11.3 Å². The number of hydrogen-bond donors (Lipinski definition) is 1. The van der Waals surface area contributed by atoms with Crippen molar-refractivity contribution < 1.29 is 9.90 Å². The highest BCUT2D eigenvalue weighted by Gasteiger charge is 2.16. The van der Waals surface area contributed by atoms with E-state index in [0.717, 1.165) is 9.75 Å². The van der Waals surface area contributed by atoms with Gasteiger partial charge in [-0.05, 0) is 22.9 Å². The highest BCUT2D eigenvalue weighted by Crippen LogP contribution is 2.19. The first kappa shape index (κ1) is 13.3. The number of aliphatic hydroxyl groups is 1. The molecule has 3 nitrogen and oxygen atoms in total. The van der Waals surface area contributed by atoms with Crippen molar-refractivity contribution in [1.29, 1.82) is 0 Å². The van der Waals surface area contributed by atoms with Crippen molar-refractivity contribution in [3.63, 3.8) is 0 Å². The zero-order valence-corrected chi connectivity index (χ0v) is 11.7. The van der Waals surface area contributed by atoms with Crippen LogP contribution in [0.3, 0.4) is 0 Å². The van der Waals surface area contributed by atoms with E-state index in [0.29, 0.717) is 13.0 Å². The minimum atomic E-state index is -0.595. The van der Waals surface area contributed by atoms with Crippen LogP contribution in [0.5, 0.6) is 0 Å². The Morgan fingerprint density at radius 2 is 2.06 bits per heavy atom. The Balaban J connectivity index is 1.87. The Kier molecular flexibility index (Phi) is 4.52. The highest BCUT2D eigenvalue weighted by molar-refractivity contribution is 7.10. The van der Waals surface area contributed by atoms with E-state index in [-0.39, 0.29) is 5.91 Å². The molecule has 0 aliphatic carbocycles. The summed E-state index contributed by atoms with van der Waals surface area (Å²) in [6, 6.07) is 7.67. The third-order valence-electron chi connectivity index (χ3n) is 2.65. The zero-order chi connectivity index (χ0) is 13.0. The van der Waals surface area contributed by atoms with Crippen molar-refractivity contribution in [1.82, 2.24) is 4.90 Å². The van der Waals surface area contributed by atoms with Crippen LogP contribution < -0.4 is 0 Å². The monoisotopic (exact) mass is 281 g/mol. The van der Waals surface area contributed by atoms with Crippen molar-refractivity contribution in [3.05, 3.63) is 44.8 Å². The average molecular weight is 281 g/mol. The number of carbonyl (C=O) groups excluding carboxylic acids is 1. The van der Waals surface area contributed by atoms with E-state index in [4.69, 9.17) is 0 Å². The molecular formula is C13H15NO2S2. The molecule has 18 heavy (non-hydrogen) atoms. The first-order valence-electron chi connectivity index (χ1n) is 5.64. The van der Waals surface area contributed by atoms with Gasteiger partial charge in [-0.3, -0.25) is 4.79 Å². The van der Waals surface area contributed by atoms with E-state index < -0.39 is 6.10 Å². The average Bonchev–Trinajstić information content (AvgIpc) is 3.01. The van der Waals surface area contributed by atoms with Gasteiger partial charge in [0.15, 0.2) is 0 Å². The van der Waals surface area contributed by atoms with Crippen LogP contribution in [-0.4, -0.2) is 29.5 Å². The van der Waals surface area contributed by atoms with Crippen LogP contribution in [0.2, 0.25) is 0 Å². The van der Waals surface area contributed by atoms with Gasteiger partial charge in [0.05, 0.1) is 13.0 Å². The van der Waals surface area contributed by atoms with Gasteiger partial charge in [-0.2, -0.15) is 0 Å². The summed E-state index contributed by atoms with van der Waals surface area (Å²) >= 11 is 3.08. The number of nitrogens with zero attached hydrogens (tertiary/aromatic N) is 1. The summed E-state index contributed by atoms with van der Waals surface area (Å²) in [5.74, 6) is 0.0352. The molecule has 1 atom stereocenters. The second-order valence-corrected chi connectivity index (χ2v) is 6.07. The summed E-state index contributed by atoms with van der Waals surface area (Å²) in [5, 5.41) is 13.9. The van der Waals surface area contributed by atoms with Crippen LogP contribution in [-0.2, 0) is 11.2 Å². The minimum absolute atomic E-state index is 0.0352. The van der Waals surface area contributed by atoms with Gasteiger partial charge in [-0.1, -0.05) is 12.1 Å². The van der Waals surface area contributed by atoms with E-state index >= 15 is 0 Å². The summed E-state index contributed by atoms with van der Waals surface area (Å²) in [4.78, 5) is 15.5. The fourth-order valence-electron chi connectivity index (χ4n) is 1.63. The first-order valence-corrected chi connectivity index (χ1v) is 7.40. The zero-order valence-electron chi connectivity index (χ0n) is 10.1. The smallest absolute Gasteiger partial charge is 0.227 e. The minimum Gasteiger partial charge on any atom is -0.386 e. The molecule has 2 aromatic heterocycles. The van der Waals surface area contributed by atoms with Gasteiger partial charge < -0.3 is 10.0 Å². The largest absolute Gasteiger partial charge is 0.386 e. The molecule has 0 spiro atoms. The molecular weight excluding hydrogens is 266 g/mol. The molecule has 2 heterocycles. The Bertz CT molecular complexity index is 479. The van der Waals surface area contributed by atoms with Crippen LogP contribution in [0, 0.1) is 0 Å². The molecule has 0 saturated carbocycles. The standard InChI is InChI=1S/C13H15NO2S2/c1-14(9-11(15)12-5-3-7-18-12)13(16)8-10-4-2-6-17-10/h2-7,11,15H,8-9H2,1H3. The number of thiophene rings is 2. The molecule has 0 fully saturated rings. The van der Waals surface area contributed by atoms with Gasteiger partial charge in [0.1, 0.15) is 6.10 Å². The van der Waals surface area contributed by atoms with Crippen LogP contribution in [0.25, 0.3) is 0 Å². The van der Waals surface area contributed by atoms with E-state index in [1.54, 1.807) is 23.3 Å². The number of rotatable bonds is 5. The van der Waals surface area contributed by atoms with Crippen LogP contribution in [0.4, 0.5) is 0 Å². The number of amides is 1. The number of hydrogen-bond acceptors (Lipinski definition) is 4. The lowest BCUT2D eigenvalue weighted by Crippen LogP contribution is -2.31. The topological polar surface area (TPSA) is 40.5 Å². The van der Waals surface area contributed by atoms with Gasteiger partial charge in [-0.25, -0.2) is 0 Å². The van der Waals surface area contributed by atoms with E-state index in [9.17, 15) is 9.90 Å². The highest BCUT2D eigenvalue weighted by atomic mass is 32.1. The molecule has 0 aromatic carbocycles. The summed E-state index contributed by atoms with van der Waals surface area (Å²) in [5.41, 5.74) is 0. The Morgan fingerprint density at radius 3 is 2.67 bits per heavy atom. The lowest BCUT2D eigenvalue weighted by molar-refractivity contribution is -0.130. The molecule has 0 aliphatic heterocycles.